The second-order valence-electron chi connectivity index (χ2n) is 8.31. The molecule has 2 saturated carbocycles. The number of nitrogens with one attached hydrogen (secondary N) is 1. The number of hydrogen-bond donors (Lipinski definition) is 1. The zero-order valence-corrected chi connectivity index (χ0v) is 18.4. The summed E-state index contributed by atoms with van der Waals surface area (Å²) < 4.78 is 4.68. The number of aromatic amines is 1. The molecule has 30 heavy (non-hydrogen) atoms. The molecule has 4 aliphatic rings. The Bertz CT molecular complexity index is 1120. The number of aromatic nitrogens is 1. The fraction of sp³-hybridized carbons (Fsp3) is 0.500. The van der Waals surface area contributed by atoms with Crippen molar-refractivity contribution >= 4 is 52.2 Å². The summed E-state index contributed by atoms with van der Waals surface area (Å²) in [4.78, 5) is 56.5. The third-order valence-corrected chi connectivity index (χ3v) is 10.7. The van der Waals surface area contributed by atoms with E-state index >= 15 is 0 Å². The highest BCUT2D eigenvalue weighted by Crippen LogP contribution is 2.68. The van der Waals surface area contributed by atoms with Crippen LogP contribution >= 0.6 is 34.4 Å². The van der Waals surface area contributed by atoms with Gasteiger partial charge in [-0.2, -0.15) is 0 Å². The van der Waals surface area contributed by atoms with Crippen LogP contribution in [0.1, 0.15) is 22.1 Å². The van der Waals surface area contributed by atoms with Gasteiger partial charge in [0.05, 0.1) is 24.0 Å². The fourth-order valence-electron chi connectivity index (χ4n) is 6.21. The molecule has 0 unspecified atom stereocenters. The molecule has 2 aromatic heterocycles. The van der Waals surface area contributed by atoms with Crippen molar-refractivity contribution in [1.29, 1.82) is 0 Å². The zero-order chi connectivity index (χ0) is 20.7. The molecule has 0 radical (unpaired) electrons. The third kappa shape index (κ3) is 2.38. The first-order valence-electron chi connectivity index (χ1n) is 9.84. The molecule has 10 heteroatoms. The Balaban J connectivity index is 1.42. The number of H-pyrrole nitrogens is 1. The molecule has 4 heterocycles. The molecule has 3 fully saturated rings. The quantitative estimate of drug-likeness (QED) is 0.555. The van der Waals surface area contributed by atoms with Gasteiger partial charge in [-0.3, -0.25) is 24.1 Å². The molecule has 1 N–H and O–H groups in total. The van der Waals surface area contributed by atoms with Crippen molar-refractivity contribution < 1.29 is 19.1 Å². The Labute approximate surface area is 183 Å². The van der Waals surface area contributed by atoms with Crippen LogP contribution in [0.3, 0.4) is 0 Å². The molecule has 2 amide bonds. The first kappa shape index (κ1) is 18.8. The van der Waals surface area contributed by atoms with Crippen LogP contribution < -0.4 is 4.87 Å². The van der Waals surface area contributed by atoms with Crippen LogP contribution in [-0.2, 0) is 19.1 Å². The molecule has 0 spiro atoms. The van der Waals surface area contributed by atoms with Gasteiger partial charge < -0.3 is 9.72 Å². The van der Waals surface area contributed by atoms with Gasteiger partial charge in [0.1, 0.15) is 6.54 Å². The minimum atomic E-state index is -0.577. The van der Waals surface area contributed by atoms with Gasteiger partial charge in [-0.1, -0.05) is 17.4 Å². The van der Waals surface area contributed by atoms with Gasteiger partial charge in [0.2, 0.25) is 11.8 Å². The largest absolute Gasteiger partial charge is 0.468 e. The van der Waals surface area contributed by atoms with Crippen LogP contribution in [0.2, 0.25) is 0 Å². The summed E-state index contributed by atoms with van der Waals surface area (Å²) in [5.41, 5.74) is 0. The van der Waals surface area contributed by atoms with Gasteiger partial charge >= 0.3 is 10.8 Å². The number of fused-ring (bicyclic) bond motifs is 9. The van der Waals surface area contributed by atoms with Crippen LogP contribution in [0.4, 0.5) is 0 Å². The Morgan fingerprint density at radius 2 is 2.00 bits per heavy atom. The van der Waals surface area contributed by atoms with Gasteiger partial charge in [-0.25, -0.2) is 0 Å². The number of amides is 2. The predicted octanol–water partition coefficient (Wildman–Crippen LogP) is 2.14. The van der Waals surface area contributed by atoms with Crippen molar-refractivity contribution in [2.45, 2.75) is 22.6 Å². The highest BCUT2D eigenvalue weighted by atomic mass is 32.2. The second kappa shape index (κ2) is 6.54. The number of carbonyl (C=O) groups is 3. The lowest BCUT2D eigenvalue weighted by Gasteiger charge is -2.42. The first-order chi connectivity index (χ1) is 14.5. The standard InChI is InChI=1S/C20H18N2O5S3/c1-27-10(23)6-22-18(24)12-7-5-8(13(12)19(22)25)15-11(7)14(9-3-2-4-28-9)16-17(29-15)21-20(26)30-16/h2-4,7-8,11-15H,5-6H2,1H3,(H,21,26)/t7-,8+,11+,12-,13+,14+,15-/m1/s1. The van der Waals surface area contributed by atoms with E-state index in [1.165, 1.54) is 23.3 Å². The summed E-state index contributed by atoms with van der Waals surface area (Å²) in [7, 11) is 1.26. The van der Waals surface area contributed by atoms with Crippen molar-refractivity contribution in [2.75, 3.05) is 13.7 Å². The van der Waals surface area contributed by atoms with Crippen LogP contribution in [0.25, 0.3) is 0 Å². The first-order valence-corrected chi connectivity index (χ1v) is 12.4. The van der Waals surface area contributed by atoms with Gasteiger partial charge in [0, 0.05) is 20.9 Å². The number of likely N-dealkylation sites (tertiary alicyclic amines) is 1. The van der Waals surface area contributed by atoms with E-state index in [1.54, 1.807) is 23.1 Å². The van der Waals surface area contributed by atoms with Crippen molar-refractivity contribution in [3.63, 3.8) is 0 Å². The van der Waals surface area contributed by atoms with Crippen LogP contribution in [0.15, 0.2) is 27.3 Å². The lowest BCUT2D eigenvalue weighted by atomic mass is 9.69. The lowest BCUT2D eigenvalue weighted by Crippen LogP contribution is -2.42. The number of methoxy groups -OCH3 is 1. The maximum atomic E-state index is 13.2. The maximum absolute atomic E-state index is 13.2. The Morgan fingerprint density at radius 3 is 2.70 bits per heavy atom. The smallest absolute Gasteiger partial charge is 0.325 e. The summed E-state index contributed by atoms with van der Waals surface area (Å²) in [5, 5.41) is 3.13. The van der Waals surface area contributed by atoms with Gasteiger partial charge in [-0.15, -0.1) is 23.1 Å². The van der Waals surface area contributed by atoms with Gasteiger partial charge in [0.15, 0.2) is 0 Å². The van der Waals surface area contributed by atoms with Crippen molar-refractivity contribution in [3.05, 3.63) is 36.9 Å². The zero-order valence-electron chi connectivity index (χ0n) is 15.9. The van der Waals surface area contributed by atoms with E-state index in [9.17, 15) is 19.2 Å². The van der Waals surface area contributed by atoms with E-state index in [4.69, 9.17) is 0 Å². The predicted molar refractivity (Wildman–Crippen MR) is 112 cm³/mol. The topological polar surface area (TPSA) is 96.5 Å². The Hall–Kier alpha value is -1.91. The Morgan fingerprint density at radius 1 is 1.23 bits per heavy atom. The molecule has 156 valence electrons. The second-order valence-corrected chi connectivity index (χ2v) is 11.5. The Kier molecular flexibility index (Phi) is 4.11. The van der Waals surface area contributed by atoms with E-state index in [2.05, 4.69) is 15.8 Å². The number of hydrogen-bond acceptors (Lipinski definition) is 8. The number of rotatable bonds is 3. The number of thiazole rings is 1. The monoisotopic (exact) mass is 462 g/mol. The summed E-state index contributed by atoms with van der Waals surface area (Å²) in [6.45, 7) is -0.307. The van der Waals surface area contributed by atoms with E-state index in [0.29, 0.717) is 0 Å². The number of ether oxygens (including phenoxy) is 1. The van der Waals surface area contributed by atoms with E-state index < -0.39 is 5.97 Å². The van der Waals surface area contributed by atoms with E-state index in [-0.39, 0.29) is 64.0 Å². The lowest BCUT2D eigenvalue weighted by molar-refractivity contribution is -0.151. The van der Waals surface area contributed by atoms with Crippen LogP contribution in [-0.4, -0.2) is 46.6 Å². The normalized spacial score (nSPS) is 36.0. The number of nitrogens with zero attached hydrogens (tertiary/aromatic N) is 1. The number of imide groups is 1. The van der Waals surface area contributed by atoms with Crippen molar-refractivity contribution in [1.82, 2.24) is 9.88 Å². The molecule has 2 aliphatic heterocycles. The molecule has 2 bridgehead atoms. The molecule has 7 nitrogen and oxygen atoms in total. The molecule has 2 aromatic rings. The fourth-order valence-corrected chi connectivity index (χ4v) is 10.1. The van der Waals surface area contributed by atoms with Gasteiger partial charge in [-0.05, 0) is 35.6 Å². The van der Waals surface area contributed by atoms with E-state index in [0.717, 1.165) is 21.2 Å². The molecule has 0 aromatic carbocycles. The summed E-state index contributed by atoms with van der Waals surface area (Å²) >= 11 is 4.61. The summed E-state index contributed by atoms with van der Waals surface area (Å²) in [6.07, 6.45) is 0.849. The highest BCUT2D eigenvalue weighted by Gasteiger charge is 2.69. The molecule has 7 atom stereocenters. The number of esters is 1. The van der Waals surface area contributed by atoms with Crippen molar-refractivity contribution in [3.8, 4) is 0 Å². The third-order valence-electron chi connectivity index (χ3n) is 7.18. The maximum Gasteiger partial charge on any atom is 0.325 e. The molecule has 1 saturated heterocycles. The SMILES string of the molecule is COC(=O)CN1C(=O)[C@@H]2[C@@H]3C[C@H]([C@H]4Sc5[nH]c(=O)sc5[C@@H](c5cccs5)[C@H]34)[C@@H]2C1=O. The molecular formula is C20H18N2O5S3. The minimum Gasteiger partial charge on any atom is -0.468 e. The number of carbonyl (C=O) groups excluding carboxylic acids is 3. The molecule has 2 aliphatic carbocycles. The summed E-state index contributed by atoms with van der Waals surface area (Å²) in [6, 6.07) is 4.12. The average molecular weight is 463 g/mol. The minimum absolute atomic E-state index is 0.0574. The van der Waals surface area contributed by atoms with Gasteiger partial charge in [0.25, 0.3) is 0 Å². The highest BCUT2D eigenvalue weighted by molar-refractivity contribution is 8.00. The molecular weight excluding hydrogens is 444 g/mol. The summed E-state index contributed by atoms with van der Waals surface area (Å²) in [5.74, 6) is -1.35. The number of thioether (sulfide) groups is 1. The van der Waals surface area contributed by atoms with Crippen molar-refractivity contribution in [2.24, 2.45) is 29.6 Å². The van der Waals surface area contributed by atoms with Crippen LogP contribution in [0, 0.1) is 29.6 Å². The average Bonchev–Trinajstić information content (AvgIpc) is 3.52. The van der Waals surface area contributed by atoms with E-state index in [1.807, 2.05) is 11.4 Å². The number of thiophene rings is 1. The van der Waals surface area contributed by atoms with Crippen LogP contribution in [0.5, 0.6) is 0 Å². The molecule has 6 rings (SSSR count).